The summed E-state index contributed by atoms with van der Waals surface area (Å²) in [6, 6.07) is 9.30. The Labute approximate surface area is 222 Å². The van der Waals surface area contributed by atoms with Crippen LogP contribution in [-0.2, 0) is 22.3 Å². The van der Waals surface area contributed by atoms with E-state index in [0.29, 0.717) is 17.8 Å². The first-order chi connectivity index (χ1) is 18.0. The topological polar surface area (TPSA) is 85.8 Å². The van der Waals surface area contributed by atoms with E-state index in [4.69, 9.17) is 19.4 Å². The van der Waals surface area contributed by atoms with Crippen LogP contribution in [0.4, 0.5) is 11.8 Å². The summed E-state index contributed by atoms with van der Waals surface area (Å²) in [6.07, 6.45) is 7.14. The predicted octanol–water partition coefficient (Wildman–Crippen LogP) is 3.84. The summed E-state index contributed by atoms with van der Waals surface area (Å²) in [5, 5.41) is 3.58. The maximum absolute atomic E-state index is 12.7. The van der Waals surface area contributed by atoms with Crippen LogP contribution in [0.2, 0.25) is 0 Å². The number of anilines is 2. The zero-order chi connectivity index (χ0) is 25.4. The highest BCUT2D eigenvalue weighted by Crippen LogP contribution is 2.35. The lowest BCUT2D eigenvalue weighted by Gasteiger charge is -2.33. The number of hydrogen-bond acceptors (Lipinski definition) is 8. The summed E-state index contributed by atoms with van der Waals surface area (Å²) in [4.78, 5) is 15.1. The summed E-state index contributed by atoms with van der Waals surface area (Å²) < 4.78 is 24.5. The molecule has 37 heavy (non-hydrogen) atoms. The number of piperidine rings is 1. The number of hydrogen-bond donors (Lipinski definition) is 1. The zero-order valence-electron chi connectivity index (χ0n) is 21.7. The van der Waals surface area contributed by atoms with Crippen LogP contribution in [0.3, 0.4) is 0 Å². The van der Waals surface area contributed by atoms with Crippen LogP contribution in [0.1, 0.15) is 49.8 Å². The van der Waals surface area contributed by atoms with Gasteiger partial charge in [-0.1, -0.05) is 6.58 Å². The number of nitrogens with zero attached hydrogens (tertiary/aromatic N) is 4. The Bertz CT molecular complexity index is 1110. The summed E-state index contributed by atoms with van der Waals surface area (Å²) in [5.74, 6) is 3.04. The fourth-order valence-corrected chi connectivity index (χ4v) is 6.75. The molecule has 6 rings (SSSR count). The van der Waals surface area contributed by atoms with Crippen molar-refractivity contribution >= 4 is 28.6 Å². The van der Waals surface area contributed by atoms with Gasteiger partial charge in [0.05, 0.1) is 0 Å². The van der Waals surface area contributed by atoms with Gasteiger partial charge in [0.2, 0.25) is 10.8 Å². The molecule has 1 saturated carbocycles. The molecule has 1 N–H and O–H groups in total. The Morgan fingerprint density at radius 3 is 2.54 bits per heavy atom. The zero-order valence-corrected chi connectivity index (χ0v) is 22.5. The van der Waals surface area contributed by atoms with E-state index in [-0.39, 0.29) is 6.10 Å². The number of fused-ring (bicyclic) bond motifs is 1. The van der Waals surface area contributed by atoms with Crippen molar-refractivity contribution in [1.82, 2.24) is 14.9 Å². The molecule has 9 heteroatoms. The molecule has 4 aliphatic rings. The molecule has 2 saturated heterocycles. The normalized spacial score (nSPS) is 22.5. The summed E-state index contributed by atoms with van der Waals surface area (Å²) >= 11 is -1.03. The highest BCUT2D eigenvalue weighted by molar-refractivity contribution is 7.91. The monoisotopic (exact) mass is 523 g/mol. The van der Waals surface area contributed by atoms with Gasteiger partial charge in [-0.25, -0.2) is 4.98 Å². The molecule has 2 aromatic rings. The van der Waals surface area contributed by atoms with E-state index in [9.17, 15) is 4.55 Å². The molecular weight excluding hydrogens is 486 g/mol. The lowest BCUT2D eigenvalue weighted by Crippen LogP contribution is -2.39. The van der Waals surface area contributed by atoms with Gasteiger partial charge >= 0.3 is 0 Å². The van der Waals surface area contributed by atoms with Crippen molar-refractivity contribution in [2.45, 2.75) is 68.0 Å². The quantitative estimate of drug-likeness (QED) is 0.523. The number of nitrogens with one attached hydrogen (secondary N) is 1. The maximum atomic E-state index is 12.7. The van der Waals surface area contributed by atoms with Gasteiger partial charge in [0, 0.05) is 70.4 Å². The standard InChI is InChI=1S/C28H37N5O3S/c1-19(32(2)22-5-6-22)20-3-7-23(8-4-20)36-24-9-14-33(15-10-24)28-30-25-13-18-37(34)26(25)27(31-28)29-21-11-16-35-17-12-21/h3-4,7-8,21-22,24H,1,5-6,9-18H2,2H3,(H,29,30,31). The van der Waals surface area contributed by atoms with Crippen molar-refractivity contribution in [3.05, 3.63) is 42.1 Å². The minimum atomic E-state index is -1.03. The number of benzene rings is 1. The molecular formula is C28H37N5O3S. The van der Waals surface area contributed by atoms with Crippen molar-refractivity contribution in [1.29, 1.82) is 0 Å². The molecule has 1 aliphatic carbocycles. The summed E-state index contributed by atoms with van der Waals surface area (Å²) in [5.41, 5.74) is 3.16. The third-order valence-corrected chi connectivity index (χ3v) is 9.43. The third-order valence-electron chi connectivity index (χ3n) is 7.97. The minimum Gasteiger partial charge on any atom is -0.611 e. The number of aromatic nitrogens is 2. The second-order valence-corrected chi connectivity index (χ2v) is 12.1. The van der Waals surface area contributed by atoms with E-state index in [1.807, 2.05) is 0 Å². The number of ether oxygens (including phenoxy) is 2. The fraction of sp³-hybridized carbons (Fsp3) is 0.571. The van der Waals surface area contributed by atoms with E-state index in [1.165, 1.54) is 12.8 Å². The number of aryl methyl sites for hydroxylation is 1. The lowest BCUT2D eigenvalue weighted by molar-refractivity contribution is 0.0903. The lowest BCUT2D eigenvalue weighted by atomic mass is 10.1. The van der Waals surface area contributed by atoms with Gasteiger partial charge in [-0.15, -0.1) is 0 Å². The molecule has 1 unspecified atom stereocenters. The molecule has 0 spiro atoms. The van der Waals surface area contributed by atoms with Gasteiger partial charge in [0.15, 0.2) is 5.82 Å². The van der Waals surface area contributed by atoms with Crippen LogP contribution in [0.15, 0.2) is 35.7 Å². The van der Waals surface area contributed by atoms with E-state index < -0.39 is 11.2 Å². The summed E-state index contributed by atoms with van der Waals surface area (Å²) in [6.45, 7) is 7.46. The molecule has 3 fully saturated rings. The molecule has 198 valence electrons. The van der Waals surface area contributed by atoms with Crippen molar-refractivity contribution in [2.24, 2.45) is 0 Å². The molecule has 0 radical (unpaired) electrons. The smallest absolute Gasteiger partial charge is 0.227 e. The molecule has 4 heterocycles. The summed E-state index contributed by atoms with van der Waals surface area (Å²) in [7, 11) is 2.13. The highest BCUT2D eigenvalue weighted by Gasteiger charge is 2.34. The molecule has 1 atom stereocenters. The first kappa shape index (κ1) is 24.8. The minimum absolute atomic E-state index is 0.168. The highest BCUT2D eigenvalue weighted by atomic mass is 32.2. The largest absolute Gasteiger partial charge is 0.611 e. The van der Waals surface area contributed by atoms with Crippen LogP contribution in [0.25, 0.3) is 5.70 Å². The Kier molecular flexibility index (Phi) is 7.18. The molecule has 0 bridgehead atoms. The van der Waals surface area contributed by atoms with Gasteiger partial charge in [-0.05, 0) is 66.7 Å². The Morgan fingerprint density at radius 1 is 1.11 bits per heavy atom. The number of rotatable bonds is 8. The van der Waals surface area contributed by atoms with Gasteiger partial charge in [0.1, 0.15) is 23.3 Å². The van der Waals surface area contributed by atoms with Crippen LogP contribution < -0.4 is 15.0 Å². The van der Waals surface area contributed by atoms with E-state index in [1.54, 1.807) is 0 Å². The van der Waals surface area contributed by atoms with Crippen molar-refractivity contribution in [3.63, 3.8) is 0 Å². The van der Waals surface area contributed by atoms with Crippen LogP contribution in [0.5, 0.6) is 5.75 Å². The fourth-order valence-electron chi connectivity index (χ4n) is 5.44. The molecule has 3 aliphatic heterocycles. The van der Waals surface area contributed by atoms with Crippen molar-refractivity contribution in [2.75, 3.05) is 49.3 Å². The van der Waals surface area contributed by atoms with Gasteiger partial charge in [0.25, 0.3) is 0 Å². The van der Waals surface area contributed by atoms with E-state index in [2.05, 4.69) is 53.0 Å². The van der Waals surface area contributed by atoms with Crippen LogP contribution in [0, 0.1) is 0 Å². The predicted molar refractivity (Wildman–Crippen MR) is 147 cm³/mol. The van der Waals surface area contributed by atoms with Crippen molar-refractivity contribution < 1.29 is 14.0 Å². The second kappa shape index (κ2) is 10.7. The molecule has 1 aromatic carbocycles. The van der Waals surface area contributed by atoms with E-state index >= 15 is 0 Å². The Morgan fingerprint density at radius 2 is 1.84 bits per heavy atom. The van der Waals surface area contributed by atoms with Crippen LogP contribution in [-0.4, -0.2) is 76.7 Å². The Hall–Kier alpha value is -2.49. The van der Waals surface area contributed by atoms with Gasteiger partial charge in [-0.2, -0.15) is 4.98 Å². The average Bonchev–Trinajstić information content (AvgIpc) is 3.71. The first-order valence-electron chi connectivity index (χ1n) is 13.6. The average molecular weight is 524 g/mol. The van der Waals surface area contributed by atoms with Crippen molar-refractivity contribution in [3.8, 4) is 5.75 Å². The Balaban J connectivity index is 1.08. The van der Waals surface area contributed by atoms with E-state index in [0.717, 1.165) is 97.8 Å². The van der Waals surface area contributed by atoms with Gasteiger partial charge in [-0.3, -0.25) is 0 Å². The second-order valence-electron chi connectivity index (χ2n) is 10.6. The molecule has 8 nitrogen and oxygen atoms in total. The molecule has 1 aromatic heterocycles. The van der Waals surface area contributed by atoms with Crippen LogP contribution >= 0.6 is 0 Å². The third kappa shape index (κ3) is 5.54. The first-order valence-corrected chi connectivity index (χ1v) is 14.9. The van der Waals surface area contributed by atoms with Gasteiger partial charge < -0.3 is 29.1 Å². The molecule has 0 amide bonds. The SMILES string of the molecule is C=C(c1ccc(OC2CCN(c3nc4c(c(NC5CCOCC5)n3)[S+]([O-])CC4)CC2)cc1)N(C)C1CC1. The maximum Gasteiger partial charge on any atom is 0.227 e.